The Morgan fingerprint density at radius 1 is 1.38 bits per heavy atom. The molecule has 0 N–H and O–H groups in total. The second-order valence-electron chi connectivity index (χ2n) is 4.70. The van der Waals surface area contributed by atoms with Crippen molar-refractivity contribution in [1.29, 1.82) is 0 Å². The largest absolute Gasteiger partial charge is 0.496 e. The Hall–Kier alpha value is -1.31. The van der Waals surface area contributed by atoms with E-state index in [9.17, 15) is 13.2 Å². The van der Waals surface area contributed by atoms with Gasteiger partial charge in [-0.25, -0.2) is 8.42 Å². The molecule has 1 unspecified atom stereocenters. The van der Waals surface area contributed by atoms with Crippen LogP contribution in [0.1, 0.15) is 16.8 Å². The van der Waals surface area contributed by atoms with E-state index in [4.69, 9.17) is 20.2 Å². The third kappa shape index (κ3) is 3.48. The summed E-state index contributed by atoms with van der Waals surface area (Å²) in [7, 11) is 4.44. The maximum Gasteiger partial charge on any atom is 0.261 e. The highest BCUT2D eigenvalue weighted by molar-refractivity contribution is 8.13. The zero-order chi connectivity index (χ0) is 15.6. The Morgan fingerprint density at radius 3 is 2.62 bits per heavy atom. The van der Waals surface area contributed by atoms with Crippen LogP contribution in [-0.4, -0.2) is 52.6 Å². The third-order valence-electron chi connectivity index (χ3n) is 3.45. The van der Waals surface area contributed by atoms with Crippen LogP contribution in [0.3, 0.4) is 0 Å². The molecule has 8 heteroatoms. The molecule has 1 amide bonds. The molecule has 1 aromatic rings. The van der Waals surface area contributed by atoms with Crippen molar-refractivity contribution in [1.82, 2.24) is 4.90 Å². The summed E-state index contributed by atoms with van der Waals surface area (Å²) in [4.78, 5) is 14.0. The summed E-state index contributed by atoms with van der Waals surface area (Å²) < 4.78 is 33.2. The molecule has 0 spiro atoms. The highest BCUT2D eigenvalue weighted by Crippen LogP contribution is 2.27. The van der Waals surface area contributed by atoms with Crippen LogP contribution in [-0.2, 0) is 13.8 Å². The highest BCUT2D eigenvalue weighted by Gasteiger charge is 2.29. The van der Waals surface area contributed by atoms with Gasteiger partial charge in [-0.05, 0) is 24.6 Å². The zero-order valence-electron chi connectivity index (χ0n) is 11.7. The number of benzene rings is 1. The molecule has 0 aliphatic carbocycles. The van der Waals surface area contributed by atoms with Crippen LogP contribution < -0.4 is 4.74 Å². The number of halogens is 1. The minimum atomic E-state index is -3.90. The molecule has 21 heavy (non-hydrogen) atoms. The molecule has 6 nitrogen and oxygen atoms in total. The number of amides is 1. The van der Waals surface area contributed by atoms with Crippen LogP contribution in [0, 0.1) is 0 Å². The van der Waals surface area contributed by atoms with Gasteiger partial charge in [0.15, 0.2) is 0 Å². The zero-order valence-corrected chi connectivity index (χ0v) is 13.3. The maximum absolute atomic E-state index is 12.5. The van der Waals surface area contributed by atoms with Gasteiger partial charge >= 0.3 is 0 Å². The van der Waals surface area contributed by atoms with E-state index in [1.54, 1.807) is 12.0 Å². The van der Waals surface area contributed by atoms with E-state index in [0.717, 1.165) is 6.42 Å². The maximum atomic E-state index is 12.5. The quantitative estimate of drug-likeness (QED) is 0.780. The van der Waals surface area contributed by atoms with Crippen molar-refractivity contribution in [2.24, 2.45) is 0 Å². The molecule has 1 aliphatic rings. The summed E-state index contributed by atoms with van der Waals surface area (Å²) in [5, 5.41) is 0. The second-order valence-corrected chi connectivity index (χ2v) is 7.26. The lowest BCUT2D eigenvalue weighted by atomic mass is 10.1. The lowest BCUT2D eigenvalue weighted by Gasteiger charge is -2.18. The second kappa shape index (κ2) is 6.21. The van der Waals surface area contributed by atoms with Crippen LogP contribution in [0.2, 0.25) is 0 Å². The van der Waals surface area contributed by atoms with E-state index in [0.29, 0.717) is 18.8 Å². The Bertz CT molecular complexity index is 646. The SMILES string of the molecule is COc1ccc(S(=O)(=O)Cl)cc1C(=O)N1CCC(OC)C1. The number of carbonyl (C=O) groups excluding carboxylic acids is 1. The molecule has 1 fully saturated rings. The van der Waals surface area contributed by atoms with E-state index in [1.165, 1.54) is 25.3 Å². The smallest absolute Gasteiger partial charge is 0.261 e. The Labute approximate surface area is 128 Å². The molecule has 1 heterocycles. The summed E-state index contributed by atoms with van der Waals surface area (Å²) in [6.45, 7) is 1.02. The predicted octanol–water partition coefficient (Wildman–Crippen LogP) is 1.48. The fourth-order valence-corrected chi connectivity index (χ4v) is 3.06. The van der Waals surface area contributed by atoms with Gasteiger partial charge in [-0.2, -0.15) is 0 Å². The van der Waals surface area contributed by atoms with Crippen molar-refractivity contribution >= 4 is 25.6 Å². The van der Waals surface area contributed by atoms with E-state index < -0.39 is 9.05 Å². The number of ether oxygens (including phenoxy) is 2. The minimum absolute atomic E-state index is 0.000104. The van der Waals surface area contributed by atoms with Gasteiger partial charge in [-0.3, -0.25) is 4.79 Å². The summed E-state index contributed by atoms with van der Waals surface area (Å²) in [5.41, 5.74) is 0.177. The molecule has 1 saturated heterocycles. The molecule has 1 atom stereocenters. The standard InChI is InChI=1S/C13H16ClNO5S/c1-19-9-5-6-15(8-9)13(16)11-7-10(21(14,17)18)3-4-12(11)20-2/h3-4,7,9H,5-6,8H2,1-2H3. The third-order valence-corrected chi connectivity index (χ3v) is 4.80. The van der Waals surface area contributed by atoms with Crippen molar-refractivity contribution in [2.75, 3.05) is 27.3 Å². The van der Waals surface area contributed by atoms with Crippen LogP contribution in [0.4, 0.5) is 0 Å². The monoisotopic (exact) mass is 333 g/mol. The molecule has 0 aromatic heterocycles. The number of hydrogen-bond donors (Lipinski definition) is 0. The number of rotatable bonds is 4. The fourth-order valence-electron chi connectivity index (χ4n) is 2.28. The van der Waals surface area contributed by atoms with Gasteiger partial charge < -0.3 is 14.4 Å². The van der Waals surface area contributed by atoms with Crippen LogP contribution >= 0.6 is 10.7 Å². The molecule has 0 bridgehead atoms. The van der Waals surface area contributed by atoms with Crippen molar-refractivity contribution in [3.8, 4) is 5.75 Å². The predicted molar refractivity (Wildman–Crippen MR) is 77.4 cm³/mol. The lowest BCUT2D eigenvalue weighted by molar-refractivity contribution is 0.0721. The van der Waals surface area contributed by atoms with Crippen molar-refractivity contribution in [2.45, 2.75) is 17.4 Å². The molecule has 1 aromatic carbocycles. The first-order valence-corrected chi connectivity index (χ1v) is 8.62. The summed E-state index contributed by atoms with van der Waals surface area (Å²) in [6.07, 6.45) is 0.748. The van der Waals surface area contributed by atoms with E-state index in [1.807, 2.05) is 0 Å². The molecule has 1 aliphatic heterocycles. The van der Waals surface area contributed by atoms with E-state index in [-0.39, 0.29) is 22.5 Å². The van der Waals surface area contributed by atoms with Crippen LogP contribution in [0.25, 0.3) is 0 Å². The topological polar surface area (TPSA) is 72.9 Å². The van der Waals surface area contributed by atoms with Gasteiger partial charge in [0.1, 0.15) is 5.75 Å². The number of hydrogen-bond acceptors (Lipinski definition) is 5. The van der Waals surface area contributed by atoms with Gasteiger partial charge in [0.2, 0.25) is 0 Å². The molecule has 2 rings (SSSR count). The summed E-state index contributed by atoms with van der Waals surface area (Å²) in [6, 6.07) is 3.97. The lowest BCUT2D eigenvalue weighted by Crippen LogP contribution is -2.30. The molecule has 0 saturated carbocycles. The van der Waals surface area contributed by atoms with Crippen LogP contribution in [0.15, 0.2) is 23.1 Å². The van der Waals surface area contributed by atoms with E-state index >= 15 is 0 Å². The first-order valence-electron chi connectivity index (χ1n) is 6.31. The van der Waals surface area contributed by atoms with Crippen molar-refractivity contribution in [3.63, 3.8) is 0 Å². The molecule has 0 radical (unpaired) electrons. The van der Waals surface area contributed by atoms with Gasteiger partial charge in [-0.1, -0.05) is 0 Å². The van der Waals surface area contributed by atoms with Gasteiger partial charge in [0.25, 0.3) is 15.0 Å². The average Bonchev–Trinajstić information content (AvgIpc) is 2.93. The summed E-state index contributed by atoms with van der Waals surface area (Å²) in [5.74, 6) is 0.0125. The Morgan fingerprint density at radius 2 is 2.10 bits per heavy atom. The van der Waals surface area contributed by atoms with E-state index in [2.05, 4.69) is 0 Å². The fraction of sp³-hybridized carbons (Fsp3) is 0.462. The number of methoxy groups -OCH3 is 2. The summed E-state index contributed by atoms with van der Waals surface area (Å²) >= 11 is 0. The average molecular weight is 334 g/mol. The normalized spacial score (nSPS) is 18.8. The van der Waals surface area contributed by atoms with Crippen molar-refractivity contribution in [3.05, 3.63) is 23.8 Å². The van der Waals surface area contributed by atoms with Gasteiger partial charge in [-0.15, -0.1) is 0 Å². The van der Waals surface area contributed by atoms with Gasteiger partial charge in [0, 0.05) is 30.9 Å². The number of nitrogens with zero attached hydrogens (tertiary/aromatic N) is 1. The van der Waals surface area contributed by atoms with Gasteiger partial charge in [0.05, 0.1) is 23.7 Å². The van der Waals surface area contributed by atoms with Crippen LogP contribution in [0.5, 0.6) is 5.75 Å². The van der Waals surface area contributed by atoms with Crippen molar-refractivity contribution < 1.29 is 22.7 Å². The molecule has 116 valence electrons. The number of likely N-dealkylation sites (tertiary alicyclic amines) is 1. The number of carbonyl (C=O) groups is 1. The minimum Gasteiger partial charge on any atom is -0.496 e. The molecular weight excluding hydrogens is 318 g/mol. The Balaban J connectivity index is 2.35. The highest BCUT2D eigenvalue weighted by atomic mass is 35.7. The molecular formula is C13H16ClNO5S. The first kappa shape index (κ1) is 16.1. The first-order chi connectivity index (χ1) is 9.86. The Kier molecular flexibility index (Phi) is 4.75.